The van der Waals surface area contributed by atoms with Crippen LogP contribution in [0.25, 0.3) is 0 Å². The van der Waals surface area contributed by atoms with Gasteiger partial charge in [-0.1, -0.05) is 6.07 Å². The lowest BCUT2D eigenvalue weighted by atomic mass is 10.5. The van der Waals surface area contributed by atoms with Crippen LogP contribution in [0, 0.1) is 0 Å². The van der Waals surface area contributed by atoms with Crippen molar-refractivity contribution in [3.63, 3.8) is 0 Å². The van der Waals surface area contributed by atoms with Crippen molar-refractivity contribution in [2.45, 2.75) is 6.61 Å². The van der Waals surface area contributed by atoms with E-state index in [0.717, 1.165) is 0 Å². The van der Waals surface area contributed by atoms with Gasteiger partial charge >= 0.3 is 0 Å². The highest BCUT2D eigenvalue weighted by atomic mass is 32.1. The van der Waals surface area contributed by atoms with E-state index in [0.29, 0.717) is 12.5 Å². The molecule has 4 heteroatoms. The molecule has 0 radical (unpaired) electrons. The van der Waals surface area contributed by atoms with Gasteiger partial charge in [0.05, 0.1) is 12.5 Å². The number of aromatic nitrogens is 2. The third-order valence-electron chi connectivity index (χ3n) is 1.42. The summed E-state index contributed by atoms with van der Waals surface area (Å²) in [7, 11) is 0. The highest BCUT2D eigenvalue weighted by molar-refractivity contribution is 7.09. The Bertz CT molecular complexity index is 280. The van der Waals surface area contributed by atoms with Crippen LogP contribution in [0.4, 0.5) is 0 Å². The second kappa shape index (κ2) is 3.40. The number of aromatic amines is 1. The number of nitrogens with one attached hydrogen (secondary N) is 1. The summed E-state index contributed by atoms with van der Waals surface area (Å²) in [5, 5.41) is 2.03. The lowest BCUT2D eigenvalue weighted by Crippen LogP contribution is -1.91. The molecule has 0 spiro atoms. The summed E-state index contributed by atoms with van der Waals surface area (Å²) in [5.74, 6) is 0.711. The standard InChI is InChI=1S/C8H8N2OS/c1-2-7(12-3-1)5-11-8-4-9-6-10-8/h1-4,6H,5H2,(H,9,10). The van der Waals surface area contributed by atoms with E-state index < -0.39 is 0 Å². The molecule has 0 unspecified atom stereocenters. The lowest BCUT2D eigenvalue weighted by Gasteiger charge is -1.98. The summed E-state index contributed by atoms with van der Waals surface area (Å²) >= 11 is 1.69. The van der Waals surface area contributed by atoms with Crippen molar-refractivity contribution in [1.82, 2.24) is 9.97 Å². The molecule has 0 aliphatic rings. The summed E-state index contributed by atoms with van der Waals surface area (Å²) < 4.78 is 5.38. The maximum absolute atomic E-state index is 5.38. The van der Waals surface area contributed by atoms with Crippen LogP contribution in [0.3, 0.4) is 0 Å². The molecule has 62 valence electrons. The van der Waals surface area contributed by atoms with Crippen molar-refractivity contribution in [2.24, 2.45) is 0 Å². The Morgan fingerprint density at radius 2 is 2.58 bits per heavy atom. The molecule has 1 N–H and O–H groups in total. The van der Waals surface area contributed by atoms with Crippen LogP contribution in [0.15, 0.2) is 30.0 Å². The Labute approximate surface area is 74.0 Å². The van der Waals surface area contributed by atoms with Gasteiger partial charge in [-0.3, -0.25) is 0 Å². The van der Waals surface area contributed by atoms with Gasteiger partial charge in [0.1, 0.15) is 6.61 Å². The van der Waals surface area contributed by atoms with Gasteiger partial charge in [-0.2, -0.15) is 0 Å². The van der Waals surface area contributed by atoms with Crippen LogP contribution in [-0.4, -0.2) is 9.97 Å². The number of imidazole rings is 1. The number of nitrogens with zero attached hydrogens (tertiary/aromatic N) is 1. The van der Waals surface area contributed by atoms with E-state index in [9.17, 15) is 0 Å². The maximum Gasteiger partial charge on any atom is 0.211 e. The topological polar surface area (TPSA) is 37.9 Å². The fraction of sp³-hybridized carbons (Fsp3) is 0.125. The molecule has 0 aromatic carbocycles. The molecule has 12 heavy (non-hydrogen) atoms. The van der Waals surface area contributed by atoms with Crippen molar-refractivity contribution >= 4 is 11.3 Å². The molecule has 0 aliphatic heterocycles. The zero-order valence-corrected chi connectivity index (χ0v) is 7.17. The Kier molecular flexibility index (Phi) is 2.09. The fourth-order valence-electron chi connectivity index (χ4n) is 0.866. The van der Waals surface area contributed by atoms with Gasteiger partial charge in [0.2, 0.25) is 5.88 Å². The molecule has 0 fully saturated rings. The van der Waals surface area contributed by atoms with Gasteiger partial charge in [-0.25, -0.2) is 4.98 Å². The third kappa shape index (κ3) is 1.65. The number of H-pyrrole nitrogens is 1. The highest BCUT2D eigenvalue weighted by Crippen LogP contribution is 2.11. The zero-order chi connectivity index (χ0) is 8.23. The first kappa shape index (κ1) is 7.36. The molecule has 2 heterocycles. The molecule has 2 aromatic heterocycles. The van der Waals surface area contributed by atoms with Crippen molar-refractivity contribution in [3.05, 3.63) is 34.9 Å². The number of thiophene rings is 1. The van der Waals surface area contributed by atoms with Crippen LogP contribution in [0.5, 0.6) is 5.88 Å². The molecular weight excluding hydrogens is 172 g/mol. The smallest absolute Gasteiger partial charge is 0.211 e. The predicted octanol–water partition coefficient (Wildman–Crippen LogP) is 2.05. The van der Waals surface area contributed by atoms with Crippen LogP contribution in [-0.2, 0) is 6.61 Å². The number of ether oxygens (including phenoxy) is 1. The van der Waals surface area contributed by atoms with E-state index in [4.69, 9.17) is 4.74 Å². The molecule has 0 saturated heterocycles. The minimum absolute atomic E-state index is 0.611. The van der Waals surface area contributed by atoms with Gasteiger partial charge in [-0.15, -0.1) is 11.3 Å². The first-order chi connectivity index (χ1) is 5.95. The van der Waals surface area contributed by atoms with Crippen molar-refractivity contribution in [1.29, 1.82) is 0 Å². The zero-order valence-electron chi connectivity index (χ0n) is 6.36. The van der Waals surface area contributed by atoms with E-state index in [1.807, 2.05) is 17.5 Å². The lowest BCUT2D eigenvalue weighted by molar-refractivity contribution is 0.299. The normalized spacial score (nSPS) is 10.0. The van der Waals surface area contributed by atoms with E-state index in [2.05, 4.69) is 9.97 Å². The Balaban J connectivity index is 1.91. The third-order valence-corrected chi connectivity index (χ3v) is 2.27. The van der Waals surface area contributed by atoms with Gasteiger partial charge in [0, 0.05) is 4.88 Å². The molecule has 3 nitrogen and oxygen atoms in total. The van der Waals surface area contributed by atoms with Gasteiger partial charge in [-0.05, 0) is 11.4 Å². The van der Waals surface area contributed by atoms with Crippen LogP contribution >= 0.6 is 11.3 Å². The molecule has 0 atom stereocenters. The number of rotatable bonds is 3. The average Bonchev–Trinajstić information content (AvgIpc) is 2.74. The Hall–Kier alpha value is -1.29. The summed E-state index contributed by atoms with van der Waals surface area (Å²) in [6.07, 6.45) is 3.26. The quantitative estimate of drug-likeness (QED) is 0.785. The second-order valence-corrected chi connectivity index (χ2v) is 3.32. The monoisotopic (exact) mass is 180 g/mol. The summed E-state index contributed by atoms with van der Waals surface area (Å²) in [5.41, 5.74) is 0. The van der Waals surface area contributed by atoms with Crippen molar-refractivity contribution < 1.29 is 4.74 Å². The molecule has 2 aromatic rings. The highest BCUT2D eigenvalue weighted by Gasteiger charge is 1.95. The van der Waals surface area contributed by atoms with Crippen LogP contribution < -0.4 is 4.74 Å². The SMILES string of the molecule is c1csc(COc2cnc[nH]2)c1. The molecule has 0 bridgehead atoms. The van der Waals surface area contributed by atoms with Crippen molar-refractivity contribution in [3.8, 4) is 5.88 Å². The molecule has 0 amide bonds. The number of hydrogen-bond donors (Lipinski definition) is 1. The summed E-state index contributed by atoms with van der Waals surface area (Å²) in [6, 6.07) is 4.05. The number of hydrogen-bond acceptors (Lipinski definition) is 3. The minimum atomic E-state index is 0.611. The minimum Gasteiger partial charge on any atom is -0.472 e. The van der Waals surface area contributed by atoms with Crippen LogP contribution in [0.2, 0.25) is 0 Å². The van der Waals surface area contributed by atoms with Gasteiger partial charge in [0.15, 0.2) is 0 Å². The largest absolute Gasteiger partial charge is 0.472 e. The predicted molar refractivity (Wildman–Crippen MR) is 47.2 cm³/mol. The molecule has 0 saturated carbocycles. The second-order valence-electron chi connectivity index (χ2n) is 2.28. The summed E-state index contributed by atoms with van der Waals surface area (Å²) in [4.78, 5) is 7.93. The fourth-order valence-corrected chi connectivity index (χ4v) is 1.48. The molecule has 2 rings (SSSR count). The first-order valence-electron chi connectivity index (χ1n) is 3.59. The first-order valence-corrected chi connectivity index (χ1v) is 4.46. The van der Waals surface area contributed by atoms with E-state index >= 15 is 0 Å². The van der Waals surface area contributed by atoms with Gasteiger partial charge < -0.3 is 9.72 Å². The van der Waals surface area contributed by atoms with E-state index in [1.165, 1.54) is 4.88 Å². The molecular formula is C8H8N2OS. The van der Waals surface area contributed by atoms with E-state index in [1.54, 1.807) is 23.9 Å². The molecule has 0 aliphatic carbocycles. The van der Waals surface area contributed by atoms with Crippen LogP contribution in [0.1, 0.15) is 4.88 Å². The van der Waals surface area contributed by atoms with E-state index in [-0.39, 0.29) is 0 Å². The summed E-state index contributed by atoms with van der Waals surface area (Å²) in [6.45, 7) is 0.611. The Morgan fingerprint density at radius 1 is 1.58 bits per heavy atom. The average molecular weight is 180 g/mol. The van der Waals surface area contributed by atoms with Crippen molar-refractivity contribution in [2.75, 3.05) is 0 Å². The Morgan fingerprint density at radius 3 is 3.25 bits per heavy atom. The maximum atomic E-state index is 5.38. The van der Waals surface area contributed by atoms with Gasteiger partial charge in [0.25, 0.3) is 0 Å².